The van der Waals surface area contributed by atoms with Gasteiger partial charge < -0.3 is 20.7 Å². The number of hydrogen-bond donors (Lipinski definition) is 3. The summed E-state index contributed by atoms with van der Waals surface area (Å²) in [6.07, 6.45) is 0. The van der Waals surface area contributed by atoms with Gasteiger partial charge in [-0.1, -0.05) is 30.3 Å². The Morgan fingerprint density at radius 1 is 0.913 bits per heavy atom. The van der Waals surface area contributed by atoms with Crippen LogP contribution in [0.1, 0.15) is 5.56 Å². The standard InChI is InChI=1S/C17H19N3O3/c1-18-17(22)20-15-9-7-14(8-10-15)19-16(21)12-23-11-13-5-3-2-4-6-13/h2-10H,11-12H2,1H3,(H,19,21)(H2,18,20,22). The number of urea groups is 1. The second-order valence-electron chi connectivity index (χ2n) is 4.81. The molecule has 0 aromatic heterocycles. The Bertz CT molecular complexity index is 642. The molecular weight excluding hydrogens is 294 g/mol. The van der Waals surface area contributed by atoms with E-state index in [1.165, 1.54) is 0 Å². The quantitative estimate of drug-likeness (QED) is 0.767. The average Bonchev–Trinajstić information content (AvgIpc) is 2.57. The first-order valence-corrected chi connectivity index (χ1v) is 7.17. The number of hydrogen-bond acceptors (Lipinski definition) is 3. The van der Waals surface area contributed by atoms with Crippen molar-refractivity contribution in [3.8, 4) is 0 Å². The first-order valence-electron chi connectivity index (χ1n) is 7.17. The van der Waals surface area contributed by atoms with Gasteiger partial charge in [0.05, 0.1) is 6.61 Å². The fourth-order valence-corrected chi connectivity index (χ4v) is 1.86. The number of benzene rings is 2. The minimum Gasteiger partial charge on any atom is -0.367 e. The summed E-state index contributed by atoms with van der Waals surface area (Å²) in [5.74, 6) is -0.229. The summed E-state index contributed by atoms with van der Waals surface area (Å²) in [6.45, 7) is 0.371. The van der Waals surface area contributed by atoms with Gasteiger partial charge in [0.2, 0.25) is 5.91 Å². The number of carbonyl (C=O) groups excluding carboxylic acids is 2. The summed E-state index contributed by atoms with van der Waals surface area (Å²) in [6, 6.07) is 16.2. The van der Waals surface area contributed by atoms with Crippen LogP contribution in [0.4, 0.5) is 16.2 Å². The SMILES string of the molecule is CNC(=O)Nc1ccc(NC(=O)COCc2ccccc2)cc1. The molecule has 0 atom stereocenters. The van der Waals surface area contributed by atoms with Gasteiger partial charge in [0.1, 0.15) is 6.61 Å². The Kier molecular flexibility index (Phi) is 6.14. The molecule has 0 aliphatic heterocycles. The van der Waals surface area contributed by atoms with Gasteiger partial charge in [-0.05, 0) is 29.8 Å². The molecular formula is C17H19N3O3. The lowest BCUT2D eigenvalue weighted by Crippen LogP contribution is -2.24. The van der Waals surface area contributed by atoms with Crippen LogP contribution in [0, 0.1) is 0 Å². The molecule has 0 aliphatic carbocycles. The van der Waals surface area contributed by atoms with E-state index in [1.54, 1.807) is 31.3 Å². The first-order chi connectivity index (χ1) is 11.2. The van der Waals surface area contributed by atoms with Crippen LogP contribution in [0.3, 0.4) is 0 Å². The van der Waals surface area contributed by atoms with Crippen molar-refractivity contribution in [2.75, 3.05) is 24.3 Å². The molecule has 0 heterocycles. The van der Waals surface area contributed by atoms with Gasteiger partial charge in [-0.3, -0.25) is 4.79 Å². The Hall–Kier alpha value is -2.86. The second-order valence-corrected chi connectivity index (χ2v) is 4.81. The van der Waals surface area contributed by atoms with Crippen molar-refractivity contribution in [1.29, 1.82) is 0 Å². The minimum absolute atomic E-state index is 0.0207. The molecule has 0 unspecified atom stereocenters. The van der Waals surface area contributed by atoms with E-state index in [2.05, 4.69) is 16.0 Å². The third-order valence-electron chi connectivity index (χ3n) is 3.00. The van der Waals surface area contributed by atoms with E-state index >= 15 is 0 Å². The molecule has 23 heavy (non-hydrogen) atoms. The molecule has 2 aromatic rings. The zero-order valence-electron chi connectivity index (χ0n) is 12.8. The second kappa shape index (κ2) is 8.55. The predicted molar refractivity (Wildman–Crippen MR) is 89.2 cm³/mol. The summed E-state index contributed by atoms with van der Waals surface area (Å²) in [4.78, 5) is 23.0. The smallest absolute Gasteiger partial charge is 0.318 e. The highest BCUT2D eigenvalue weighted by molar-refractivity contribution is 5.92. The highest BCUT2D eigenvalue weighted by atomic mass is 16.5. The monoisotopic (exact) mass is 313 g/mol. The minimum atomic E-state index is -0.295. The number of ether oxygens (including phenoxy) is 1. The van der Waals surface area contributed by atoms with Crippen molar-refractivity contribution in [3.63, 3.8) is 0 Å². The van der Waals surface area contributed by atoms with Gasteiger partial charge in [-0.15, -0.1) is 0 Å². The van der Waals surface area contributed by atoms with Crippen LogP contribution in [0.15, 0.2) is 54.6 Å². The van der Waals surface area contributed by atoms with Gasteiger partial charge in [0.15, 0.2) is 0 Å². The predicted octanol–water partition coefficient (Wildman–Crippen LogP) is 2.59. The van der Waals surface area contributed by atoms with E-state index in [0.29, 0.717) is 18.0 Å². The Morgan fingerprint density at radius 3 is 2.13 bits per heavy atom. The largest absolute Gasteiger partial charge is 0.367 e. The highest BCUT2D eigenvalue weighted by Crippen LogP contribution is 2.13. The molecule has 0 bridgehead atoms. The molecule has 2 aromatic carbocycles. The van der Waals surface area contributed by atoms with Crippen molar-refractivity contribution >= 4 is 23.3 Å². The molecule has 6 nitrogen and oxygen atoms in total. The maximum atomic E-state index is 11.8. The highest BCUT2D eigenvalue weighted by Gasteiger charge is 2.04. The van der Waals surface area contributed by atoms with Crippen molar-refractivity contribution in [2.24, 2.45) is 0 Å². The summed E-state index contributed by atoms with van der Waals surface area (Å²) < 4.78 is 5.37. The Labute approximate surface area is 134 Å². The van der Waals surface area contributed by atoms with Crippen LogP contribution in [0.5, 0.6) is 0 Å². The summed E-state index contributed by atoms with van der Waals surface area (Å²) in [5.41, 5.74) is 2.30. The molecule has 0 radical (unpaired) electrons. The zero-order valence-corrected chi connectivity index (χ0v) is 12.8. The summed E-state index contributed by atoms with van der Waals surface area (Å²) >= 11 is 0. The van der Waals surface area contributed by atoms with E-state index in [9.17, 15) is 9.59 Å². The van der Waals surface area contributed by atoms with Gasteiger partial charge in [-0.2, -0.15) is 0 Å². The molecule has 2 rings (SSSR count). The molecule has 3 amide bonds. The maximum Gasteiger partial charge on any atom is 0.318 e. The van der Waals surface area contributed by atoms with Gasteiger partial charge in [-0.25, -0.2) is 4.79 Å². The van der Waals surface area contributed by atoms with Gasteiger partial charge >= 0.3 is 6.03 Å². The fraction of sp³-hybridized carbons (Fsp3) is 0.176. The third-order valence-corrected chi connectivity index (χ3v) is 3.00. The molecule has 0 aliphatic rings. The molecule has 6 heteroatoms. The lowest BCUT2D eigenvalue weighted by Gasteiger charge is -2.08. The summed E-state index contributed by atoms with van der Waals surface area (Å²) in [5, 5.41) is 7.83. The molecule has 3 N–H and O–H groups in total. The van der Waals surface area contributed by atoms with Crippen molar-refractivity contribution in [2.45, 2.75) is 6.61 Å². The number of nitrogens with one attached hydrogen (secondary N) is 3. The number of anilines is 2. The van der Waals surface area contributed by atoms with Crippen molar-refractivity contribution < 1.29 is 14.3 Å². The van der Waals surface area contributed by atoms with Crippen LogP contribution in [-0.2, 0) is 16.1 Å². The Morgan fingerprint density at radius 2 is 1.52 bits per heavy atom. The van der Waals surface area contributed by atoms with E-state index in [4.69, 9.17) is 4.74 Å². The molecule has 0 saturated heterocycles. The van der Waals surface area contributed by atoms with Crippen LogP contribution in [0.25, 0.3) is 0 Å². The third kappa shape index (κ3) is 5.80. The van der Waals surface area contributed by atoms with Crippen molar-refractivity contribution in [1.82, 2.24) is 5.32 Å². The van der Waals surface area contributed by atoms with E-state index < -0.39 is 0 Å². The average molecular weight is 313 g/mol. The fourth-order valence-electron chi connectivity index (χ4n) is 1.86. The van der Waals surface area contributed by atoms with E-state index in [0.717, 1.165) is 5.56 Å². The molecule has 0 saturated carbocycles. The number of amides is 3. The van der Waals surface area contributed by atoms with Gasteiger partial charge in [0, 0.05) is 18.4 Å². The molecule has 120 valence electrons. The van der Waals surface area contributed by atoms with Crippen molar-refractivity contribution in [3.05, 3.63) is 60.2 Å². The lowest BCUT2D eigenvalue weighted by atomic mass is 10.2. The van der Waals surface area contributed by atoms with Crippen LogP contribution < -0.4 is 16.0 Å². The molecule has 0 spiro atoms. The van der Waals surface area contributed by atoms with E-state index in [-0.39, 0.29) is 18.5 Å². The Balaban J connectivity index is 1.75. The normalized spacial score (nSPS) is 9.96. The van der Waals surface area contributed by atoms with Crippen LogP contribution >= 0.6 is 0 Å². The number of carbonyl (C=O) groups is 2. The van der Waals surface area contributed by atoms with Gasteiger partial charge in [0.25, 0.3) is 0 Å². The van der Waals surface area contributed by atoms with E-state index in [1.807, 2.05) is 30.3 Å². The maximum absolute atomic E-state index is 11.8. The van der Waals surface area contributed by atoms with Crippen LogP contribution in [0.2, 0.25) is 0 Å². The number of rotatable bonds is 6. The summed E-state index contributed by atoms with van der Waals surface area (Å²) in [7, 11) is 1.54. The lowest BCUT2D eigenvalue weighted by molar-refractivity contribution is -0.121. The molecule has 0 fully saturated rings. The zero-order chi connectivity index (χ0) is 16.5. The van der Waals surface area contributed by atoms with Crippen LogP contribution in [-0.4, -0.2) is 25.6 Å². The topological polar surface area (TPSA) is 79.5 Å². The first kappa shape index (κ1) is 16.5.